The quantitative estimate of drug-likeness (QED) is 0.473. The Labute approximate surface area is 54.1 Å². The standard InChI is InChI=1S/C6H11NO2/c7-5-2-9-6-3-8-1-4(5)6/h4-6H,1-3,7H2. The SMILES string of the molecule is NC1COC2COCC12. The Balaban J connectivity index is 2.07. The molecule has 2 rings (SSSR count). The van der Waals surface area contributed by atoms with Crippen LogP contribution in [-0.2, 0) is 9.47 Å². The first-order chi connectivity index (χ1) is 4.38. The summed E-state index contributed by atoms with van der Waals surface area (Å²) in [5.41, 5.74) is 5.71. The van der Waals surface area contributed by atoms with Gasteiger partial charge in [-0.2, -0.15) is 0 Å². The molecule has 52 valence electrons. The third-order valence-electron chi connectivity index (χ3n) is 2.12. The highest BCUT2D eigenvalue weighted by Crippen LogP contribution is 2.25. The lowest BCUT2D eigenvalue weighted by molar-refractivity contribution is 0.0690. The van der Waals surface area contributed by atoms with Crippen molar-refractivity contribution in [2.75, 3.05) is 19.8 Å². The fourth-order valence-corrected chi connectivity index (χ4v) is 1.48. The van der Waals surface area contributed by atoms with Crippen molar-refractivity contribution in [2.24, 2.45) is 11.7 Å². The molecule has 0 aliphatic carbocycles. The van der Waals surface area contributed by atoms with Gasteiger partial charge in [-0.1, -0.05) is 0 Å². The molecule has 3 heteroatoms. The molecule has 2 aliphatic rings. The molecule has 3 unspecified atom stereocenters. The highest BCUT2D eigenvalue weighted by Gasteiger charge is 2.39. The molecule has 2 aliphatic heterocycles. The maximum atomic E-state index is 5.71. The van der Waals surface area contributed by atoms with Crippen LogP contribution in [0, 0.1) is 5.92 Å². The molecule has 0 aromatic carbocycles. The maximum Gasteiger partial charge on any atom is 0.0875 e. The van der Waals surface area contributed by atoms with Crippen LogP contribution in [0.1, 0.15) is 0 Å². The Morgan fingerprint density at radius 2 is 2.11 bits per heavy atom. The molecule has 0 amide bonds. The average molecular weight is 129 g/mol. The van der Waals surface area contributed by atoms with Crippen LogP contribution in [0.4, 0.5) is 0 Å². The summed E-state index contributed by atoms with van der Waals surface area (Å²) in [6.07, 6.45) is 0.306. The van der Waals surface area contributed by atoms with Crippen molar-refractivity contribution in [2.45, 2.75) is 12.1 Å². The van der Waals surface area contributed by atoms with E-state index in [0.717, 1.165) is 19.8 Å². The van der Waals surface area contributed by atoms with Gasteiger partial charge in [0, 0.05) is 12.0 Å². The Bertz CT molecular complexity index is 118. The number of hydrogen-bond acceptors (Lipinski definition) is 3. The Morgan fingerprint density at radius 1 is 1.22 bits per heavy atom. The highest BCUT2D eigenvalue weighted by molar-refractivity contribution is 4.89. The summed E-state index contributed by atoms with van der Waals surface area (Å²) in [7, 11) is 0. The summed E-state index contributed by atoms with van der Waals surface area (Å²) in [6.45, 7) is 2.27. The zero-order valence-corrected chi connectivity index (χ0v) is 5.25. The lowest BCUT2D eigenvalue weighted by Gasteiger charge is -2.06. The zero-order chi connectivity index (χ0) is 6.27. The number of nitrogens with two attached hydrogens (primary N) is 1. The Morgan fingerprint density at radius 3 is 2.89 bits per heavy atom. The zero-order valence-electron chi connectivity index (χ0n) is 5.25. The minimum atomic E-state index is 0.220. The van der Waals surface area contributed by atoms with Gasteiger partial charge in [0.2, 0.25) is 0 Å². The van der Waals surface area contributed by atoms with Gasteiger partial charge < -0.3 is 15.2 Å². The number of fused-ring (bicyclic) bond motifs is 1. The predicted octanol–water partition coefficient (Wildman–Crippen LogP) is -0.641. The summed E-state index contributed by atoms with van der Waals surface area (Å²) in [5.74, 6) is 0.477. The van der Waals surface area contributed by atoms with E-state index >= 15 is 0 Å². The first kappa shape index (κ1) is 5.65. The van der Waals surface area contributed by atoms with Crippen LogP contribution in [0.3, 0.4) is 0 Å². The van der Waals surface area contributed by atoms with Crippen LogP contribution >= 0.6 is 0 Å². The highest BCUT2D eigenvalue weighted by atomic mass is 16.6. The fourth-order valence-electron chi connectivity index (χ4n) is 1.48. The van der Waals surface area contributed by atoms with Gasteiger partial charge in [0.05, 0.1) is 25.9 Å². The first-order valence-corrected chi connectivity index (χ1v) is 3.33. The van der Waals surface area contributed by atoms with Crippen LogP contribution in [0.15, 0.2) is 0 Å². The van der Waals surface area contributed by atoms with Gasteiger partial charge in [0.15, 0.2) is 0 Å². The number of rotatable bonds is 0. The van der Waals surface area contributed by atoms with Crippen molar-refractivity contribution < 1.29 is 9.47 Å². The van der Waals surface area contributed by atoms with E-state index in [0.29, 0.717) is 12.0 Å². The normalized spacial score (nSPS) is 49.7. The molecular weight excluding hydrogens is 118 g/mol. The largest absolute Gasteiger partial charge is 0.378 e. The summed E-state index contributed by atoms with van der Waals surface area (Å²) >= 11 is 0. The molecule has 0 aromatic rings. The molecule has 3 atom stereocenters. The van der Waals surface area contributed by atoms with Crippen molar-refractivity contribution in [3.05, 3.63) is 0 Å². The van der Waals surface area contributed by atoms with Crippen LogP contribution in [0.5, 0.6) is 0 Å². The molecular formula is C6H11NO2. The van der Waals surface area contributed by atoms with Crippen molar-refractivity contribution in [1.29, 1.82) is 0 Å². The molecule has 0 saturated carbocycles. The topological polar surface area (TPSA) is 44.5 Å². The van der Waals surface area contributed by atoms with Gasteiger partial charge in [-0.3, -0.25) is 0 Å². The van der Waals surface area contributed by atoms with Crippen molar-refractivity contribution >= 4 is 0 Å². The van der Waals surface area contributed by atoms with Gasteiger partial charge in [-0.25, -0.2) is 0 Å². The second kappa shape index (κ2) is 1.94. The van der Waals surface area contributed by atoms with Gasteiger partial charge in [0.1, 0.15) is 0 Å². The first-order valence-electron chi connectivity index (χ1n) is 3.33. The lowest BCUT2D eigenvalue weighted by Crippen LogP contribution is -2.30. The molecule has 0 aromatic heterocycles. The molecule has 3 nitrogen and oxygen atoms in total. The molecule has 2 heterocycles. The second-order valence-electron chi connectivity index (χ2n) is 2.74. The summed E-state index contributed by atoms with van der Waals surface area (Å²) in [4.78, 5) is 0. The van der Waals surface area contributed by atoms with Crippen LogP contribution in [0.2, 0.25) is 0 Å². The summed E-state index contributed by atoms with van der Waals surface area (Å²) in [5, 5.41) is 0. The Hall–Kier alpha value is -0.120. The van der Waals surface area contributed by atoms with Crippen molar-refractivity contribution in [3.8, 4) is 0 Å². The molecule has 0 bridgehead atoms. The monoisotopic (exact) mass is 129 g/mol. The summed E-state index contributed by atoms with van der Waals surface area (Å²) < 4.78 is 10.5. The van der Waals surface area contributed by atoms with E-state index in [9.17, 15) is 0 Å². The molecule has 0 spiro atoms. The van der Waals surface area contributed by atoms with E-state index in [-0.39, 0.29) is 6.04 Å². The molecule has 2 saturated heterocycles. The second-order valence-corrected chi connectivity index (χ2v) is 2.74. The van der Waals surface area contributed by atoms with E-state index in [4.69, 9.17) is 15.2 Å². The van der Waals surface area contributed by atoms with Gasteiger partial charge >= 0.3 is 0 Å². The van der Waals surface area contributed by atoms with Crippen LogP contribution in [-0.4, -0.2) is 32.0 Å². The van der Waals surface area contributed by atoms with E-state index in [1.54, 1.807) is 0 Å². The average Bonchev–Trinajstić information content (AvgIpc) is 2.35. The predicted molar refractivity (Wildman–Crippen MR) is 32.0 cm³/mol. The van der Waals surface area contributed by atoms with Crippen molar-refractivity contribution in [3.63, 3.8) is 0 Å². The van der Waals surface area contributed by atoms with E-state index in [1.807, 2.05) is 0 Å². The third kappa shape index (κ3) is 0.764. The minimum Gasteiger partial charge on any atom is -0.378 e. The van der Waals surface area contributed by atoms with Crippen LogP contribution < -0.4 is 5.73 Å². The molecule has 9 heavy (non-hydrogen) atoms. The Kier molecular flexibility index (Phi) is 1.22. The van der Waals surface area contributed by atoms with Gasteiger partial charge in [0.25, 0.3) is 0 Å². The van der Waals surface area contributed by atoms with Crippen LogP contribution in [0.25, 0.3) is 0 Å². The lowest BCUT2D eigenvalue weighted by atomic mass is 10.0. The molecule has 0 radical (unpaired) electrons. The van der Waals surface area contributed by atoms with Crippen molar-refractivity contribution in [1.82, 2.24) is 0 Å². The van der Waals surface area contributed by atoms with E-state index in [1.165, 1.54) is 0 Å². The summed E-state index contributed by atoms with van der Waals surface area (Å²) in [6, 6.07) is 0.220. The smallest absolute Gasteiger partial charge is 0.0875 e. The van der Waals surface area contributed by atoms with Gasteiger partial charge in [-0.15, -0.1) is 0 Å². The van der Waals surface area contributed by atoms with E-state index in [2.05, 4.69) is 0 Å². The van der Waals surface area contributed by atoms with E-state index < -0.39 is 0 Å². The molecule has 2 N–H and O–H groups in total. The molecule has 2 fully saturated rings. The minimum absolute atomic E-state index is 0.220. The maximum absolute atomic E-state index is 5.71. The number of ether oxygens (including phenoxy) is 2. The number of hydrogen-bond donors (Lipinski definition) is 1. The van der Waals surface area contributed by atoms with Gasteiger partial charge in [-0.05, 0) is 0 Å². The third-order valence-corrected chi connectivity index (χ3v) is 2.12. The fraction of sp³-hybridized carbons (Fsp3) is 1.00.